The minimum atomic E-state index is -0.562. The molecule has 0 heterocycles. The van der Waals surface area contributed by atoms with Crippen LogP contribution in [0.25, 0.3) is 0 Å². The Labute approximate surface area is 129 Å². The largest absolute Gasteiger partial charge is 0.321 e. The second-order valence-corrected chi connectivity index (χ2v) is 6.62. The Kier molecular flexibility index (Phi) is 4.43. The van der Waals surface area contributed by atoms with Gasteiger partial charge in [-0.05, 0) is 48.7 Å². The number of nitrogens with two attached hydrogens (primary N) is 1. The molecule has 100 valence electrons. The predicted molar refractivity (Wildman–Crippen MR) is 83.5 cm³/mol. The van der Waals surface area contributed by atoms with Crippen LogP contribution in [-0.4, -0.2) is 0 Å². The van der Waals surface area contributed by atoms with Crippen LogP contribution in [0.5, 0.6) is 0 Å². The van der Waals surface area contributed by atoms with Crippen molar-refractivity contribution in [3.05, 3.63) is 68.4 Å². The molecule has 0 amide bonds. The second kappa shape index (κ2) is 5.73. The van der Waals surface area contributed by atoms with Crippen molar-refractivity contribution in [3.8, 4) is 0 Å². The third kappa shape index (κ3) is 3.65. The van der Waals surface area contributed by atoms with Crippen LogP contribution in [0.1, 0.15) is 18.1 Å². The molecule has 2 N–H and O–H groups in total. The zero-order valence-corrected chi connectivity index (χ0v) is 13.6. The van der Waals surface area contributed by atoms with Crippen LogP contribution in [0, 0.1) is 5.82 Å². The first-order valence-electron chi connectivity index (χ1n) is 5.87. The average Bonchev–Trinajstić information content (AvgIpc) is 2.26. The molecule has 0 bridgehead atoms. The van der Waals surface area contributed by atoms with E-state index in [2.05, 4.69) is 31.9 Å². The SMILES string of the molecule is CC(N)(Cc1cc(F)cc(Br)c1)c1ccccc1Br. The van der Waals surface area contributed by atoms with E-state index in [1.807, 2.05) is 37.3 Å². The summed E-state index contributed by atoms with van der Waals surface area (Å²) in [4.78, 5) is 0. The van der Waals surface area contributed by atoms with Crippen molar-refractivity contribution in [3.63, 3.8) is 0 Å². The van der Waals surface area contributed by atoms with Gasteiger partial charge in [0.15, 0.2) is 0 Å². The number of hydrogen-bond acceptors (Lipinski definition) is 1. The Bertz CT molecular complexity index is 576. The van der Waals surface area contributed by atoms with Gasteiger partial charge in [-0.2, -0.15) is 0 Å². The molecule has 0 fully saturated rings. The summed E-state index contributed by atoms with van der Waals surface area (Å²) in [6, 6.07) is 12.7. The Hall–Kier alpha value is -0.710. The van der Waals surface area contributed by atoms with E-state index < -0.39 is 5.54 Å². The van der Waals surface area contributed by atoms with Crippen LogP contribution in [0.15, 0.2) is 51.4 Å². The lowest BCUT2D eigenvalue weighted by Crippen LogP contribution is -2.35. The van der Waals surface area contributed by atoms with Gasteiger partial charge in [0.1, 0.15) is 5.82 Å². The van der Waals surface area contributed by atoms with E-state index >= 15 is 0 Å². The summed E-state index contributed by atoms with van der Waals surface area (Å²) < 4.78 is 15.1. The third-order valence-electron chi connectivity index (χ3n) is 2.98. The van der Waals surface area contributed by atoms with Crippen molar-refractivity contribution in [2.75, 3.05) is 0 Å². The molecule has 2 aromatic rings. The predicted octanol–water partition coefficient (Wildman–Crippen LogP) is 4.77. The average molecular weight is 387 g/mol. The maximum absolute atomic E-state index is 13.4. The Morgan fingerprint density at radius 3 is 2.47 bits per heavy atom. The Morgan fingerprint density at radius 2 is 1.84 bits per heavy atom. The van der Waals surface area contributed by atoms with E-state index in [4.69, 9.17) is 5.73 Å². The molecule has 0 aliphatic rings. The van der Waals surface area contributed by atoms with Gasteiger partial charge >= 0.3 is 0 Å². The maximum atomic E-state index is 13.4. The van der Waals surface area contributed by atoms with Crippen molar-refractivity contribution >= 4 is 31.9 Å². The summed E-state index contributed by atoms with van der Waals surface area (Å²) >= 11 is 6.81. The third-order valence-corrected chi connectivity index (χ3v) is 4.13. The molecular weight excluding hydrogens is 373 g/mol. The van der Waals surface area contributed by atoms with Gasteiger partial charge in [-0.1, -0.05) is 50.1 Å². The van der Waals surface area contributed by atoms with Gasteiger partial charge in [0.2, 0.25) is 0 Å². The maximum Gasteiger partial charge on any atom is 0.124 e. The summed E-state index contributed by atoms with van der Waals surface area (Å²) in [6.07, 6.45) is 0.561. The van der Waals surface area contributed by atoms with Crippen LogP contribution in [0.4, 0.5) is 4.39 Å². The van der Waals surface area contributed by atoms with Crippen molar-refractivity contribution in [1.82, 2.24) is 0 Å². The minimum Gasteiger partial charge on any atom is -0.321 e. The van der Waals surface area contributed by atoms with Gasteiger partial charge in [0, 0.05) is 14.5 Å². The number of halogens is 3. The lowest BCUT2D eigenvalue weighted by atomic mass is 9.86. The summed E-state index contributed by atoms with van der Waals surface area (Å²) in [5, 5.41) is 0. The zero-order chi connectivity index (χ0) is 14.0. The summed E-state index contributed by atoms with van der Waals surface area (Å²) in [5.41, 5.74) is 7.72. The summed E-state index contributed by atoms with van der Waals surface area (Å²) in [5.74, 6) is -0.257. The fraction of sp³-hybridized carbons (Fsp3) is 0.200. The van der Waals surface area contributed by atoms with Crippen LogP contribution < -0.4 is 5.73 Å². The van der Waals surface area contributed by atoms with Crippen molar-refractivity contribution in [1.29, 1.82) is 0 Å². The van der Waals surface area contributed by atoms with E-state index in [0.29, 0.717) is 6.42 Å². The highest BCUT2D eigenvalue weighted by molar-refractivity contribution is 9.10. The zero-order valence-electron chi connectivity index (χ0n) is 10.5. The normalized spacial score (nSPS) is 14.2. The lowest BCUT2D eigenvalue weighted by Gasteiger charge is -2.26. The van der Waals surface area contributed by atoms with Crippen molar-refractivity contribution in [2.24, 2.45) is 5.73 Å². The van der Waals surface area contributed by atoms with Crippen molar-refractivity contribution in [2.45, 2.75) is 18.9 Å². The summed E-state index contributed by atoms with van der Waals surface area (Å²) in [7, 11) is 0. The summed E-state index contributed by atoms with van der Waals surface area (Å²) in [6.45, 7) is 1.95. The van der Waals surface area contributed by atoms with E-state index in [0.717, 1.165) is 20.1 Å². The fourth-order valence-electron chi connectivity index (χ4n) is 2.16. The smallest absolute Gasteiger partial charge is 0.124 e. The topological polar surface area (TPSA) is 26.0 Å². The molecular formula is C15H14Br2FN. The Balaban J connectivity index is 2.33. The van der Waals surface area contributed by atoms with Crippen LogP contribution >= 0.6 is 31.9 Å². The molecule has 4 heteroatoms. The molecule has 2 rings (SSSR count). The van der Waals surface area contributed by atoms with E-state index in [9.17, 15) is 4.39 Å². The molecule has 0 saturated carbocycles. The van der Waals surface area contributed by atoms with Gasteiger partial charge in [0.25, 0.3) is 0 Å². The number of benzene rings is 2. The minimum absolute atomic E-state index is 0.257. The molecule has 1 unspecified atom stereocenters. The molecule has 1 nitrogen and oxygen atoms in total. The molecule has 0 aliphatic carbocycles. The van der Waals surface area contributed by atoms with E-state index in [1.165, 1.54) is 12.1 Å². The standard InChI is InChI=1S/C15H14Br2FN/c1-15(19,13-4-2-3-5-14(13)17)9-10-6-11(16)8-12(18)7-10/h2-8H,9,19H2,1H3. The fourth-order valence-corrected chi connectivity index (χ4v) is 3.41. The van der Waals surface area contributed by atoms with E-state index in [-0.39, 0.29) is 5.82 Å². The van der Waals surface area contributed by atoms with Crippen molar-refractivity contribution < 1.29 is 4.39 Å². The monoisotopic (exact) mass is 385 g/mol. The van der Waals surface area contributed by atoms with Crippen LogP contribution in [-0.2, 0) is 12.0 Å². The van der Waals surface area contributed by atoms with E-state index in [1.54, 1.807) is 0 Å². The number of hydrogen-bond donors (Lipinski definition) is 1. The quantitative estimate of drug-likeness (QED) is 0.807. The molecule has 0 radical (unpaired) electrons. The van der Waals surface area contributed by atoms with Gasteiger partial charge < -0.3 is 5.73 Å². The highest BCUT2D eigenvalue weighted by Gasteiger charge is 2.24. The van der Waals surface area contributed by atoms with Crippen LogP contribution in [0.2, 0.25) is 0 Å². The molecule has 2 aromatic carbocycles. The first-order chi connectivity index (χ1) is 8.88. The first-order valence-corrected chi connectivity index (χ1v) is 7.46. The highest BCUT2D eigenvalue weighted by Crippen LogP contribution is 2.30. The second-order valence-electron chi connectivity index (χ2n) is 4.85. The van der Waals surface area contributed by atoms with Gasteiger partial charge in [0.05, 0.1) is 0 Å². The lowest BCUT2D eigenvalue weighted by molar-refractivity contribution is 0.487. The van der Waals surface area contributed by atoms with Gasteiger partial charge in [-0.15, -0.1) is 0 Å². The van der Waals surface area contributed by atoms with Gasteiger partial charge in [-0.3, -0.25) is 0 Å². The number of rotatable bonds is 3. The van der Waals surface area contributed by atoms with Crippen LogP contribution in [0.3, 0.4) is 0 Å². The van der Waals surface area contributed by atoms with Gasteiger partial charge in [-0.25, -0.2) is 4.39 Å². The first kappa shape index (κ1) is 14.7. The molecule has 0 aliphatic heterocycles. The highest BCUT2D eigenvalue weighted by atomic mass is 79.9. The molecule has 1 atom stereocenters. The molecule has 0 aromatic heterocycles. The molecule has 19 heavy (non-hydrogen) atoms. The molecule has 0 saturated heterocycles. The Morgan fingerprint density at radius 1 is 1.16 bits per heavy atom. The molecule has 0 spiro atoms.